The van der Waals surface area contributed by atoms with E-state index in [1.807, 2.05) is 18.7 Å². The number of benzene rings is 1. The molecule has 2 heteroatoms. The van der Waals surface area contributed by atoms with E-state index in [1.165, 1.54) is 41.9 Å². The maximum atomic E-state index is 5.89. The lowest BCUT2D eigenvalue weighted by Gasteiger charge is -2.10. The molecule has 0 radical (unpaired) electrons. The summed E-state index contributed by atoms with van der Waals surface area (Å²) in [6.45, 7) is 2.04. The molecule has 16 heavy (non-hydrogen) atoms. The van der Waals surface area contributed by atoms with Gasteiger partial charge in [0.25, 0.3) is 0 Å². The molecule has 1 nitrogen and oxygen atoms in total. The van der Waals surface area contributed by atoms with E-state index in [9.17, 15) is 0 Å². The lowest BCUT2D eigenvalue weighted by molar-refractivity contribution is 0.623. The number of nitrogens with two attached hydrogens (primary N) is 1. The van der Waals surface area contributed by atoms with Crippen LogP contribution in [0.4, 0.5) is 0 Å². The third-order valence-electron chi connectivity index (χ3n) is 3.34. The first kappa shape index (κ1) is 12.0. The highest BCUT2D eigenvalue weighted by Crippen LogP contribution is 2.31. The summed E-state index contributed by atoms with van der Waals surface area (Å²) in [5.41, 5.74) is 7.14. The maximum absolute atomic E-state index is 5.89. The molecule has 1 aromatic rings. The molecule has 1 unspecified atom stereocenters. The number of thioether (sulfide) groups is 1. The van der Waals surface area contributed by atoms with E-state index in [4.69, 9.17) is 5.73 Å². The van der Waals surface area contributed by atoms with Crippen LogP contribution in [0.1, 0.15) is 44.2 Å². The topological polar surface area (TPSA) is 26.0 Å². The van der Waals surface area contributed by atoms with Gasteiger partial charge in [-0.2, -0.15) is 0 Å². The molecule has 88 valence electrons. The second-order valence-electron chi connectivity index (χ2n) is 4.82. The summed E-state index contributed by atoms with van der Waals surface area (Å²) in [7, 11) is 0. The highest BCUT2D eigenvalue weighted by molar-refractivity contribution is 7.99. The number of hydrogen-bond donors (Lipinski definition) is 1. The molecule has 1 fully saturated rings. The summed E-state index contributed by atoms with van der Waals surface area (Å²) in [5, 5.41) is 0. The minimum Gasteiger partial charge on any atom is -0.324 e. The van der Waals surface area contributed by atoms with Crippen molar-refractivity contribution in [1.82, 2.24) is 0 Å². The van der Waals surface area contributed by atoms with E-state index in [-0.39, 0.29) is 6.04 Å². The summed E-state index contributed by atoms with van der Waals surface area (Å²) < 4.78 is 0. The van der Waals surface area contributed by atoms with Crippen molar-refractivity contribution in [1.29, 1.82) is 0 Å². The predicted octanol–water partition coefficient (Wildman–Crippen LogP) is 3.99. The summed E-state index contributed by atoms with van der Waals surface area (Å²) >= 11 is 1.99. The third kappa shape index (κ3) is 3.26. The Balaban J connectivity index is 1.90. The second kappa shape index (κ2) is 5.74. The van der Waals surface area contributed by atoms with Gasteiger partial charge in [0.1, 0.15) is 0 Å². The Morgan fingerprint density at radius 1 is 1.38 bits per heavy atom. The molecule has 0 amide bonds. The van der Waals surface area contributed by atoms with Crippen LogP contribution in [0, 0.1) is 5.92 Å². The van der Waals surface area contributed by atoms with Crippen molar-refractivity contribution in [2.75, 3.05) is 5.75 Å². The number of hydrogen-bond acceptors (Lipinski definition) is 2. The summed E-state index contributed by atoms with van der Waals surface area (Å²) in [6.07, 6.45) is 5.73. The highest BCUT2D eigenvalue weighted by atomic mass is 32.2. The fourth-order valence-corrected chi connectivity index (χ4v) is 3.43. The van der Waals surface area contributed by atoms with Gasteiger partial charge < -0.3 is 5.73 Å². The van der Waals surface area contributed by atoms with Gasteiger partial charge in [-0.15, -0.1) is 11.8 Å². The van der Waals surface area contributed by atoms with Crippen LogP contribution in [0.2, 0.25) is 0 Å². The molecule has 0 aliphatic heterocycles. The predicted molar refractivity (Wildman–Crippen MR) is 71.7 cm³/mol. The molecular weight excluding hydrogens is 214 g/mol. The van der Waals surface area contributed by atoms with Crippen molar-refractivity contribution >= 4 is 11.8 Å². The Bertz CT molecular complexity index is 329. The molecular formula is C14H21NS. The fraction of sp³-hybridized carbons (Fsp3) is 0.571. The molecule has 1 aliphatic carbocycles. The van der Waals surface area contributed by atoms with E-state index >= 15 is 0 Å². The lowest BCUT2D eigenvalue weighted by atomic mass is 10.1. The molecule has 1 aromatic carbocycles. The molecule has 1 saturated carbocycles. The zero-order valence-electron chi connectivity index (χ0n) is 9.99. The van der Waals surface area contributed by atoms with Gasteiger partial charge >= 0.3 is 0 Å². The van der Waals surface area contributed by atoms with Crippen molar-refractivity contribution in [3.05, 3.63) is 29.8 Å². The van der Waals surface area contributed by atoms with Crippen molar-refractivity contribution in [3.63, 3.8) is 0 Å². The van der Waals surface area contributed by atoms with Crippen molar-refractivity contribution in [3.8, 4) is 0 Å². The van der Waals surface area contributed by atoms with Gasteiger partial charge in [-0.1, -0.05) is 25.0 Å². The van der Waals surface area contributed by atoms with Crippen LogP contribution in [-0.2, 0) is 0 Å². The monoisotopic (exact) mass is 235 g/mol. The van der Waals surface area contributed by atoms with Gasteiger partial charge in [0.2, 0.25) is 0 Å². The smallest absolute Gasteiger partial charge is 0.0266 e. The first-order chi connectivity index (χ1) is 7.75. The summed E-state index contributed by atoms with van der Waals surface area (Å²) in [4.78, 5) is 1.38. The molecule has 0 heterocycles. The molecule has 2 N–H and O–H groups in total. The SMILES string of the molecule is CC(N)c1cccc(SCC2CCCC2)c1. The Labute approximate surface area is 103 Å². The molecule has 0 spiro atoms. The van der Waals surface area contributed by atoms with Crippen molar-refractivity contribution < 1.29 is 0 Å². The van der Waals surface area contributed by atoms with Crippen LogP contribution in [0.25, 0.3) is 0 Å². The Morgan fingerprint density at radius 3 is 2.81 bits per heavy atom. The van der Waals surface area contributed by atoms with E-state index in [0.717, 1.165) is 5.92 Å². The van der Waals surface area contributed by atoms with Gasteiger partial charge in [0, 0.05) is 16.7 Å². The third-order valence-corrected chi connectivity index (χ3v) is 4.57. The largest absolute Gasteiger partial charge is 0.324 e. The van der Waals surface area contributed by atoms with E-state index in [1.54, 1.807) is 0 Å². The number of rotatable bonds is 4. The maximum Gasteiger partial charge on any atom is 0.0266 e. The van der Waals surface area contributed by atoms with Crippen LogP contribution in [0.3, 0.4) is 0 Å². The van der Waals surface area contributed by atoms with Gasteiger partial charge in [0.15, 0.2) is 0 Å². The van der Waals surface area contributed by atoms with Gasteiger partial charge in [-0.05, 0) is 43.4 Å². The van der Waals surface area contributed by atoms with Crippen molar-refractivity contribution in [2.45, 2.75) is 43.5 Å². The van der Waals surface area contributed by atoms with E-state index < -0.39 is 0 Å². The highest BCUT2D eigenvalue weighted by Gasteiger charge is 2.14. The molecule has 1 atom stereocenters. The van der Waals surface area contributed by atoms with E-state index in [2.05, 4.69) is 24.3 Å². The average Bonchev–Trinajstić information content (AvgIpc) is 2.79. The van der Waals surface area contributed by atoms with Gasteiger partial charge in [-0.25, -0.2) is 0 Å². The quantitative estimate of drug-likeness (QED) is 0.799. The van der Waals surface area contributed by atoms with Crippen LogP contribution in [0.15, 0.2) is 29.2 Å². The Hall–Kier alpha value is -0.470. The zero-order chi connectivity index (χ0) is 11.4. The standard InChI is InChI=1S/C14H21NS/c1-11(15)13-7-4-8-14(9-13)16-10-12-5-2-3-6-12/h4,7-9,11-12H,2-3,5-6,10,15H2,1H3. The second-order valence-corrected chi connectivity index (χ2v) is 5.92. The normalized spacial score (nSPS) is 18.9. The van der Waals surface area contributed by atoms with Gasteiger partial charge in [0.05, 0.1) is 0 Å². The van der Waals surface area contributed by atoms with Crippen LogP contribution in [-0.4, -0.2) is 5.75 Å². The van der Waals surface area contributed by atoms with Crippen molar-refractivity contribution in [2.24, 2.45) is 11.7 Å². The van der Waals surface area contributed by atoms with Crippen LogP contribution in [0.5, 0.6) is 0 Å². The minimum atomic E-state index is 0.145. The lowest BCUT2D eigenvalue weighted by Crippen LogP contribution is -2.04. The molecule has 1 aliphatic rings. The van der Waals surface area contributed by atoms with E-state index in [0.29, 0.717) is 0 Å². The fourth-order valence-electron chi connectivity index (χ4n) is 2.28. The Kier molecular flexibility index (Phi) is 4.30. The average molecular weight is 235 g/mol. The first-order valence-electron chi connectivity index (χ1n) is 6.24. The van der Waals surface area contributed by atoms with Crippen LogP contribution >= 0.6 is 11.8 Å². The Morgan fingerprint density at radius 2 is 2.12 bits per heavy atom. The molecule has 0 bridgehead atoms. The summed E-state index contributed by atoms with van der Waals surface area (Å²) in [6, 6.07) is 8.82. The first-order valence-corrected chi connectivity index (χ1v) is 7.22. The minimum absolute atomic E-state index is 0.145. The van der Waals surface area contributed by atoms with Gasteiger partial charge in [-0.3, -0.25) is 0 Å². The summed E-state index contributed by atoms with van der Waals surface area (Å²) in [5.74, 6) is 2.23. The molecule has 0 saturated heterocycles. The molecule has 0 aromatic heterocycles. The molecule has 2 rings (SSSR count). The zero-order valence-corrected chi connectivity index (χ0v) is 10.8. The van der Waals surface area contributed by atoms with Crippen LogP contribution < -0.4 is 5.73 Å².